The lowest BCUT2D eigenvalue weighted by Gasteiger charge is -2.28. The molecule has 0 unspecified atom stereocenters. The number of nitrogens with one attached hydrogen (secondary N) is 1. The fourth-order valence-electron chi connectivity index (χ4n) is 4.10. The minimum Gasteiger partial charge on any atom is -0.338 e. The molecule has 34 heavy (non-hydrogen) atoms. The Kier molecular flexibility index (Phi) is 5.71. The summed E-state index contributed by atoms with van der Waals surface area (Å²) >= 11 is 12.6. The molecule has 8 nitrogen and oxygen atoms in total. The molecule has 0 aliphatic carbocycles. The number of hydrogen-bond donors (Lipinski definition) is 1. The second-order valence-corrected chi connectivity index (χ2v) is 8.94. The minimum atomic E-state index is -0.411. The second kappa shape index (κ2) is 8.70. The maximum atomic E-state index is 13.1. The summed E-state index contributed by atoms with van der Waals surface area (Å²) in [6, 6.07) is 11.0. The van der Waals surface area contributed by atoms with Gasteiger partial charge in [-0.1, -0.05) is 35.3 Å². The number of aryl methyl sites for hydroxylation is 1. The lowest BCUT2D eigenvalue weighted by atomic mass is 9.99. The van der Waals surface area contributed by atoms with E-state index in [0.717, 1.165) is 17.7 Å². The Labute approximate surface area is 205 Å². The van der Waals surface area contributed by atoms with Crippen molar-refractivity contribution in [1.29, 1.82) is 0 Å². The molecule has 0 radical (unpaired) electrons. The lowest BCUT2D eigenvalue weighted by molar-refractivity contribution is -0.129. The highest BCUT2D eigenvalue weighted by atomic mass is 35.5. The third-order valence-electron chi connectivity index (χ3n) is 5.87. The number of carbonyl (C=O) groups excluding carboxylic acids is 1. The number of nitrogens with zero attached hydrogens (tertiary/aromatic N) is 5. The number of aromatic nitrogens is 4. The summed E-state index contributed by atoms with van der Waals surface area (Å²) in [5, 5.41) is 8.56. The Hall–Kier alpha value is -3.49. The summed E-state index contributed by atoms with van der Waals surface area (Å²) in [6.45, 7) is 4.67. The van der Waals surface area contributed by atoms with Gasteiger partial charge >= 0.3 is 0 Å². The molecule has 4 aromatic rings. The Bertz CT molecular complexity index is 1500. The van der Waals surface area contributed by atoms with Gasteiger partial charge in [-0.05, 0) is 48.7 Å². The summed E-state index contributed by atoms with van der Waals surface area (Å²) in [5.74, 6) is 0.434. The average Bonchev–Trinajstić information content (AvgIpc) is 2.81. The van der Waals surface area contributed by atoms with Crippen LogP contribution in [0.3, 0.4) is 0 Å². The summed E-state index contributed by atoms with van der Waals surface area (Å²) in [5.41, 5.74) is 4.02. The summed E-state index contributed by atoms with van der Waals surface area (Å²) in [7, 11) is 0. The molecule has 1 aliphatic rings. The highest BCUT2D eigenvalue weighted by Gasteiger charge is 2.19. The Morgan fingerprint density at radius 2 is 1.88 bits per heavy atom. The van der Waals surface area contributed by atoms with E-state index >= 15 is 0 Å². The van der Waals surface area contributed by atoms with Crippen molar-refractivity contribution in [2.75, 3.05) is 11.9 Å². The van der Waals surface area contributed by atoms with Crippen molar-refractivity contribution in [3.8, 4) is 5.69 Å². The van der Waals surface area contributed by atoms with E-state index in [2.05, 4.69) is 20.4 Å². The van der Waals surface area contributed by atoms with Gasteiger partial charge in [-0.15, -0.1) is 0 Å². The zero-order chi connectivity index (χ0) is 24.0. The molecule has 10 heteroatoms. The fourth-order valence-corrected chi connectivity index (χ4v) is 4.66. The topological polar surface area (TPSA) is 93.0 Å². The van der Waals surface area contributed by atoms with Crippen LogP contribution in [0.4, 0.5) is 11.6 Å². The number of benzene rings is 2. The van der Waals surface area contributed by atoms with Crippen LogP contribution < -0.4 is 10.9 Å². The molecule has 0 atom stereocenters. The van der Waals surface area contributed by atoms with Crippen molar-refractivity contribution in [1.82, 2.24) is 24.6 Å². The van der Waals surface area contributed by atoms with Crippen LogP contribution in [0.25, 0.3) is 16.6 Å². The minimum absolute atomic E-state index is 0.0808. The lowest BCUT2D eigenvalue weighted by Crippen LogP contribution is -2.34. The predicted molar refractivity (Wildman–Crippen MR) is 132 cm³/mol. The van der Waals surface area contributed by atoms with Crippen LogP contribution >= 0.6 is 23.2 Å². The molecule has 1 N–H and O–H groups in total. The number of para-hydroxylation sites is 1. The maximum Gasteiger partial charge on any atom is 0.282 e. The Balaban J connectivity index is 1.48. The largest absolute Gasteiger partial charge is 0.338 e. The van der Waals surface area contributed by atoms with E-state index < -0.39 is 5.56 Å². The van der Waals surface area contributed by atoms with E-state index in [1.54, 1.807) is 32.0 Å². The van der Waals surface area contributed by atoms with Crippen molar-refractivity contribution in [3.05, 3.63) is 79.8 Å². The molecule has 0 bridgehead atoms. The number of carbonyl (C=O) groups is 1. The first kappa shape index (κ1) is 22.3. The van der Waals surface area contributed by atoms with Gasteiger partial charge in [0, 0.05) is 31.9 Å². The van der Waals surface area contributed by atoms with Gasteiger partial charge in [-0.2, -0.15) is 9.78 Å². The molecule has 1 aliphatic heterocycles. The molecule has 0 fully saturated rings. The Morgan fingerprint density at radius 1 is 1.12 bits per heavy atom. The van der Waals surface area contributed by atoms with Crippen LogP contribution in [0, 0.1) is 6.92 Å². The first-order valence-electron chi connectivity index (χ1n) is 10.7. The van der Waals surface area contributed by atoms with Crippen LogP contribution in [0.15, 0.2) is 47.4 Å². The van der Waals surface area contributed by atoms with Crippen molar-refractivity contribution in [2.24, 2.45) is 0 Å². The van der Waals surface area contributed by atoms with Crippen molar-refractivity contribution >= 4 is 51.6 Å². The summed E-state index contributed by atoms with van der Waals surface area (Å²) in [4.78, 5) is 35.5. The van der Waals surface area contributed by atoms with Crippen LogP contribution in [0.5, 0.6) is 0 Å². The van der Waals surface area contributed by atoms with Gasteiger partial charge in [0.25, 0.3) is 5.56 Å². The van der Waals surface area contributed by atoms with Gasteiger partial charge in [-0.3, -0.25) is 9.59 Å². The molecule has 5 rings (SSSR count). The van der Waals surface area contributed by atoms with E-state index in [1.165, 1.54) is 16.4 Å². The quantitative estimate of drug-likeness (QED) is 0.452. The van der Waals surface area contributed by atoms with Gasteiger partial charge in [-0.25, -0.2) is 9.97 Å². The Morgan fingerprint density at radius 3 is 2.62 bits per heavy atom. The van der Waals surface area contributed by atoms with E-state index in [9.17, 15) is 9.59 Å². The molecule has 0 saturated heterocycles. The standard InChI is InChI=1S/C24H20Cl2N6O2/c1-13-21-18(23(34)32(30-13)22-19(25)4-3-5-20(22)26)11-27-24(29-21)28-17-7-6-16-12-31(14(2)33)9-8-15(16)10-17/h3-7,10-11H,8-9,12H2,1-2H3,(H,27,28,29). The predicted octanol–water partition coefficient (Wildman–Crippen LogP) is 4.44. The zero-order valence-corrected chi connectivity index (χ0v) is 20.0. The molecule has 0 spiro atoms. The molecule has 2 aromatic carbocycles. The number of rotatable bonds is 3. The monoisotopic (exact) mass is 494 g/mol. The second-order valence-electron chi connectivity index (χ2n) is 8.13. The van der Waals surface area contributed by atoms with Crippen LogP contribution in [0.1, 0.15) is 23.7 Å². The van der Waals surface area contributed by atoms with Gasteiger partial charge in [0.15, 0.2) is 0 Å². The summed E-state index contributed by atoms with van der Waals surface area (Å²) in [6.07, 6.45) is 2.27. The molecule has 3 heterocycles. The van der Waals surface area contributed by atoms with Crippen LogP contribution in [0.2, 0.25) is 10.0 Å². The van der Waals surface area contributed by atoms with Gasteiger partial charge in [0.05, 0.1) is 21.1 Å². The summed E-state index contributed by atoms with van der Waals surface area (Å²) < 4.78 is 1.19. The number of halogens is 2. The van der Waals surface area contributed by atoms with E-state index in [0.29, 0.717) is 51.4 Å². The number of amides is 1. The van der Waals surface area contributed by atoms with Crippen molar-refractivity contribution in [2.45, 2.75) is 26.8 Å². The van der Waals surface area contributed by atoms with Crippen molar-refractivity contribution in [3.63, 3.8) is 0 Å². The molecule has 1 amide bonds. The normalized spacial score (nSPS) is 13.1. The SMILES string of the molecule is CC(=O)N1CCc2cc(Nc3ncc4c(=O)n(-c5c(Cl)cccc5Cl)nc(C)c4n3)ccc2C1. The maximum absolute atomic E-state index is 13.1. The molecular weight excluding hydrogens is 475 g/mol. The fraction of sp³-hybridized carbons (Fsp3) is 0.208. The third-order valence-corrected chi connectivity index (χ3v) is 6.48. The van der Waals surface area contributed by atoms with Gasteiger partial charge in [0.2, 0.25) is 11.9 Å². The molecule has 172 valence electrons. The van der Waals surface area contributed by atoms with Gasteiger partial charge in [0.1, 0.15) is 11.2 Å². The van der Waals surface area contributed by atoms with E-state index in [-0.39, 0.29) is 5.91 Å². The average molecular weight is 495 g/mol. The van der Waals surface area contributed by atoms with E-state index in [1.807, 2.05) is 23.1 Å². The zero-order valence-electron chi connectivity index (χ0n) is 18.5. The number of hydrogen-bond acceptors (Lipinski definition) is 6. The number of fused-ring (bicyclic) bond motifs is 2. The van der Waals surface area contributed by atoms with Crippen LogP contribution in [-0.4, -0.2) is 37.1 Å². The molecule has 2 aromatic heterocycles. The van der Waals surface area contributed by atoms with Crippen molar-refractivity contribution < 1.29 is 4.79 Å². The molecular formula is C24H20Cl2N6O2. The first-order chi connectivity index (χ1) is 16.3. The highest BCUT2D eigenvalue weighted by Crippen LogP contribution is 2.28. The van der Waals surface area contributed by atoms with E-state index in [4.69, 9.17) is 23.2 Å². The molecule has 0 saturated carbocycles. The third kappa shape index (κ3) is 3.99. The highest BCUT2D eigenvalue weighted by molar-refractivity contribution is 6.37. The van der Waals surface area contributed by atoms with Gasteiger partial charge < -0.3 is 10.2 Å². The smallest absolute Gasteiger partial charge is 0.282 e. The first-order valence-corrected chi connectivity index (χ1v) is 11.4. The van der Waals surface area contributed by atoms with Crippen LogP contribution in [-0.2, 0) is 17.8 Å². The number of anilines is 2.